The van der Waals surface area contributed by atoms with Crippen molar-refractivity contribution in [2.45, 2.75) is 33.2 Å². The quantitative estimate of drug-likeness (QED) is 0.700. The maximum Gasteiger partial charge on any atom is 0.237 e. The van der Waals surface area contributed by atoms with Crippen LogP contribution in [0.1, 0.15) is 30.0 Å². The van der Waals surface area contributed by atoms with Crippen LogP contribution >= 0.6 is 0 Å². The van der Waals surface area contributed by atoms with Crippen molar-refractivity contribution >= 4 is 5.91 Å². The van der Waals surface area contributed by atoms with Gasteiger partial charge in [0.15, 0.2) is 0 Å². The average Bonchev–Trinajstić information content (AvgIpc) is 2.52. The van der Waals surface area contributed by atoms with Crippen LogP contribution in [-0.2, 0) is 4.79 Å². The predicted molar refractivity (Wildman–Crippen MR) is 57.6 cm³/mol. The molecule has 0 aromatic carbocycles. The van der Waals surface area contributed by atoms with Gasteiger partial charge >= 0.3 is 0 Å². The third-order valence-electron chi connectivity index (χ3n) is 2.78. The van der Waals surface area contributed by atoms with Crippen molar-refractivity contribution in [2.75, 3.05) is 13.1 Å². The van der Waals surface area contributed by atoms with Crippen LogP contribution in [0.25, 0.3) is 0 Å². The number of hydrogen-bond acceptors (Lipinski definition) is 2. The first kappa shape index (κ1) is 10.5. The molecular formula is C10H24N2O. The fraction of sp³-hybridized carbons (Fsp3) is 0.900. The van der Waals surface area contributed by atoms with Crippen LogP contribution in [0.15, 0.2) is 0 Å². The maximum atomic E-state index is 11.4. The second-order valence-electron chi connectivity index (χ2n) is 4.10. The van der Waals surface area contributed by atoms with E-state index in [2.05, 4.69) is 24.5 Å². The van der Waals surface area contributed by atoms with Gasteiger partial charge in [-0.3, -0.25) is 4.79 Å². The van der Waals surface area contributed by atoms with Gasteiger partial charge in [0.1, 0.15) is 0 Å². The van der Waals surface area contributed by atoms with Crippen LogP contribution in [0, 0.1) is 11.8 Å². The van der Waals surface area contributed by atoms with Crippen molar-refractivity contribution in [2.24, 2.45) is 11.8 Å². The number of nitrogens with one attached hydrogen (secondary N) is 2. The number of hydrogen-bond donors (Lipinski definition) is 2. The molecule has 1 aliphatic heterocycles. The molecule has 1 aliphatic rings. The fourth-order valence-electron chi connectivity index (χ4n) is 1.77. The van der Waals surface area contributed by atoms with Gasteiger partial charge in [0.25, 0.3) is 0 Å². The number of amides is 1. The molecule has 0 aromatic heterocycles. The minimum atomic E-state index is 0. The molecule has 0 aromatic rings. The summed E-state index contributed by atoms with van der Waals surface area (Å²) in [5.41, 5.74) is 0. The summed E-state index contributed by atoms with van der Waals surface area (Å²) in [4.78, 5) is 11.4. The van der Waals surface area contributed by atoms with Crippen molar-refractivity contribution in [3.05, 3.63) is 0 Å². The minimum absolute atomic E-state index is 0. The lowest BCUT2D eigenvalue weighted by Crippen LogP contribution is -2.40. The van der Waals surface area contributed by atoms with E-state index >= 15 is 0 Å². The first-order valence-electron chi connectivity index (χ1n) is 5.16. The highest BCUT2D eigenvalue weighted by Gasteiger charge is 2.30. The largest absolute Gasteiger partial charge is 0.355 e. The van der Waals surface area contributed by atoms with Crippen molar-refractivity contribution < 1.29 is 7.65 Å². The first-order valence-corrected chi connectivity index (χ1v) is 5.16. The summed E-state index contributed by atoms with van der Waals surface area (Å²) >= 11 is 0. The Labute approximate surface area is 83.2 Å². The van der Waals surface area contributed by atoms with E-state index in [1.807, 2.05) is 6.92 Å². The Hall–Kier alpha value is -0.570. The predicted octanol–water partition coefficient (Wildman–Crippen LogP) is 1.25. The molecule has 0 radical (unpaired) electrons. The molecule has 1 amide bonds. The van der Waals surface area contributed by atoms with E-state index in [0.29, 0.717) is 11.8 Å². The van der Waals surface area contributed by atoms with E-state index in [9.17, 15) is 4.79 Å². The molecule has 0 saturated carbocycles. The Morgan fingerprint density at radius 2 is 2.38 bits per heavy atom. The summed E-state index contributed by atoms with van der Waals surface area (Å²) in [6.45, 7) is 8.09. The molecule has 0 aliphatic carbocycles. The number of carbonyl (C=O) groups is 1. The van der Waals surface area contributed by atoms with Gasteiger partial charge in [-0.05, 0) is 31.7 Å². The summed E-state index contributed by atoms with van der Waals surface area (Å²) in [6, 6.07) is 0.0485. The number of likely N-dealkylation sites (N-methyl/N-ethyl adjacent to an activating group) is 1. The van der Waals surface area contributed by atoms with E-state index in [1.54, 1.807) is 0 Å². The lowest BCUT2D eigenvalue weighted by atomic mass is 9.93. The van der Waals surface area contributed by atoms with Crippen LogP contribution in [-0.4, -0.2) is 25.0 Å². The van der Waals surface area contributed by atoms with Crippen LogP contribution in [0.5, 0.6) is 0 Å². The highest BCUT2D eigenvalue weighted by Crippen LogP contribution is 2.21. The van der Waals surface area contributed by atoms with Crippen LogP contribution < -0.4 is 10.6 Å². The van der Waals surface area contributed by atoms with Crippen molar-refractivity contribution in [1.82, 2.24) is 10.6 Å². The Bertz CT molecular complexity index is 188. The molecule has 0 unspecified atom stereocenters. The summed E-state index contributed by atoms with van der Waals surface area (Å²) in [7, 11) is 0. The number of rotatable bonds is 3. The third-order valence-corrected chi connectivity index (χ3v) is 2.78. The zero-order valence-electron chi connectivity index (χ0n) is 8.76. The standard InChI is InChI=1S/C10H20N2O.2H2/c1-4-11-10(13)9-5-8(6-12-9)7(2)3;;/h7-9,12H,4-6H2,1-3H3,(H,11,13);2*1H/t8-,9+;;/m0../s1. The lowest BCUT2D eigenvalue weighted by molar-refractivity contribution is -0.122. The monoisotopic (exact) mass is 188 g/mol. The smallest absolute Gasteiger partial charge is 0.237 e. The molecule has 2 N–H and O–H groups in total. The van der Waals surface area contributed by atoms with E-state index in [-0.39, 0.29) is 14.8 Å². The molecule has 1 fully saturated rings. The summed E-state index contributed by atoms with van der Waals surface area (Å²) in [5.74, 6) is 1.49. The van der Waals surface area contributed by atoms with Gasteiger partial charge in [-0.25, -0.2) is 0 Å². The van der Waals surface area contributed by atoms with Gasteiger partial charge in [0, 0.05) is 9.40 Å². The Balaban J connectivity index is 0. The molecule has 3 heteroatoms. The molecular weight excluding hydrogens is 164 g/mol. The van der Waals surface area contributed by atoms with Gasteiger partial charge in [-0.2, -0.15) is 0 Å². The maximum absolute atomic E-state index is 11.4. The molecule has 1 rings (SSSR count). The molecule has 3 nitrogen and oxygen atoms in total. The fourth-order valence-corrected chi connectivity index (χ4v) is 1.77. The lowest BCUT2D eigenvalue weighted by Gasteiger charge is -2.12. The van der Waals surface area contributed by atoms with Crippen molar-refractivity contribution in [1.29, 1.82) is 0 Å². The topological polar surface area (TPSA) is 41.1 Å². The van der Waals surface area contributed by atoms with Crippen LogP contribution in [0.2, 0.25) is 0 Å². The normalized spacial score (nSPS) is 28.0. The second-order valence-corrected chi connectivity index (χ2v) is 4.10. The van der Waals surface area contributed by atoms with Crippen LogP contribution in [0.3, 0.4) is 0 Å². The SMILES string of the molecule is CCNC(=O)[C@H]1C[C@H](C(C)C)CN1.[HH].[HH]. The van der Waals surface area contributed by atoms with Crippen molar-refractivity contribution in [3.63, 3.8) is 0 Å². The average molecular weight is 188 g/mol. The summed E-state index contributed by atoms with van der Waals surface area (Å²) in [6.07, 6.45) is 0.990. The molecule has 2 atom stereocenters. The zero-order chi connectivity index (χ0) is 9.84. The van der Waals surface area contributed by atoms with E-state index in [0.717, 1.165) is 19.5 Å². The molecule has 1 saturated heterocycles. The van der Waals surface area contributed by atoms with E-state index in [4.69, 9.17) is 0 Å². The Morgan fingerprint density at radius 3 is 2.85 bits per heavy atom. The highest BCUT2D eigenvalue weighted by atomic mass is 16.2. The van der Waals surface area contributed by atoms with E-state index in [1.165, 1.54) is 0 Å². The second kappa shape index (κ2) is 4.61. The molecule has 0 spiro atoms. The van der Waals surface area contributed by atoms with Crippen LogP contribution in [0.4, 0.5) is 0 Å². The Morgan fingerprint density at radius 1 is 1.69 bits per heavy atom. The highest BCUT2D eigenvalue weighted by molar-refractivity contribution is 5.81. The van der Waals surface area contributed by atoms with Gasteiger partial charge in [0.05, 0.1) is 6.04 Å². The Kier molecular flexibility index (Phi) is 3.72. The zero-order valence-corrected chi connectivity index (χ0v) is 8.76. The van der Waals surface area contributed by atoms with Gasteiger partial charge in [-0.1, -0.05) is 13.8 Å². The van der Waals surface area contributed by atoms with Gasteiger partial charge in [-0.15, -0.1) is 0 Å². The number of carbonyl (C=O) groups excluding carboxylic acids is 1. The van der Waals surface area contributed by atoms with E-state index < -0.39 is 0 Å². The van der Waals surface area contributed by atoms with Gasteiger partial charge < -0.3 is 10.6 Å². The summed E-state index contributed by atoms with van der Waals surface area (Å²) < 4.78 is 0. The third kappa shape index (κ3) is 2.69. The van der Waals surface area contributed by atoms with Gasteiger partial charge in [0.2, 0.25) is 5.91 Å². The summed E-state index contributed by atoms with van der Waals surface area (Å²) in [5, 5.41) is 6.11. The first-order chi connectivity index (χ1) is 6.15. The molecule has 13 heavy (non-hydrogen) atoms. The molecule has 1 heterocycles. The molecule has 80 valence electrons. The minimum Gasteiger partial charge on any atom is -0.355 e. The molecule has 0 bridgehead atoms. The van der Waals surface area contributed by atoms with Crippen molar-refractivity contribution in [3.8, 4) is 0 Å².